The number of hydrogen-bond acceptors (Lipinski definition) is 4. The van der Waals surface area contributed by atoms with Crippen molar-refractivity contribution in [2.75, 3.05) is 12.4 Å². The monoisotopic (exact) mass is 320 g/mol. The lowest BCUT2D eigenvalue weighted by atomic mass is 10.0. The molecule has 1 aromatic heterocycles. The maximum absolute atomic E-state index is 9.52. The highest BCUT2D eigenvalue weighted by atomic mass is 16.5. The topological polar surface area (TPSA) is 54.4 Å². The lowest BCUT2D eigenvalue weighted by Gasteiger charge is -2.21. The van der Waals surface area contributed by atoms with Crippen LogP contribution in [-0.4, -0.2) is 17.2 Å². The Labute approximate surface area is 141 Å². The first-order valence-electron chi connectivity index (χ1n) is 7.82. The van der Waals surface area contributed by atoms with Crippen LogP contribution in [0.2, 0.25) is 0 Å². The fourth-order valence-corrected chi connectivity index (χ4v) is 2.68. The third-order valence-electron chi connectivity index (χ3n) is 3.88. The molecular formula is C20H20N2O2. The van der Waals surface area contributed by atoms with E-state index in [1.165, 1.54) is 0 Å². The molecule has 0 saturated carbocycles. The summed E-state index contributed by atoms with van der Waals surface area (Å²) in [4.78, 5) is 4.49. The van der Waals surface area contributed by atoms with Gasteiger partial charge in [-0.05, 0) is 35.9 Å². The number of benzene rings is 2. The number of aromatic nitrogens is 1. The smallest absolute Gasteiger partial charge is 0.124 e. The molecule has 2 N–H and O–H groups in total. The molecule has 122 valence electrons. The van der Waals surface area contributed by atoms with Gasteiger partial charge in [-0.2, -0.15) is 0 Å². The number of nitrogens with zero attached hydrogens (tertiary/aromatic N) is 1. The van der Waals surface area contributed by atoms with Gasteiger partial charge in [-0.15, -0.1) is 0 Å². The maximum atomic E-state index is 9.52. The molecule has 0 aliphatic heterocycles. The number of ether oxygens (including phenoxy) is 1. The number of aliphatic hydroxyl groups is 1. The van der Waals surface area contributed by atoms with Crippen LogP contribution in [0.1, 0.15) is 22.9 Å². The van der Waals surface area contributed by atoms with E-state index in [0.29, 0.717) is 5.75 Å². The highest BCUT2D eigenvalue weighted by molar-refractivity contribution is 5.53. The van der Waals surface area contributed by atoms with E-state index >= 15 is 0 Å². The van der Waals surface area contributed by atoms with E-state index in [-0.39, 0.29) is 12.6 Å². The molecule has 3 aromatic rings. The molecule has 0 amide bonds. The molecule has 4 heteroatoms. The Hall–Kier alpha value is -2.85. The predicted molar refractivity (Wildman–Crippen MR) is 95.1 cm³/mol. The molecule has 0 saturated heterocycles. The van der Waals surface area contributed by atoms with Crippen molar-refractivity contribution in [3.8, 4) is 5.75 Å². The standard InChI is InChI=1S/C20H20N2O2/c1-24-19-11-10-17(13-16(19)14-23)22-20(15-7-3-2-4-8-15)18-9-5-6-12-21-18/h2-13,20,22-23H,14H2,1H3. The van der Waals surface area contributed by atoms with Crippen LogP contribution >= 0.6 is 0 Å². The van der Waals surface area contributed by atoms with Crippen LogP contribution in [-0.2, 0) is 6.61 Å². The summed E-state index contributed by atoms with van der Waals surface area (Å²) >= 11 is 0. The summed E-state index contributed by atoms with van der Waals surface area (Å²) in [5.74, 6) is 0.678. The first-order valence-corrected chi connectivity index (χ1v) is 7.82. The van der Waals surface area contributed by atoms with Crippen molar-refractivity contribution in [2.24, 2.45) is 0 Å². The summed E-state index contributed by atoms with van der Waals surface area (Å²) in [7, 11) is 1.60. The molecule has 2 aromatic carbocycles. The summed E-state index contributed by atoms with van der Waals surface area (Å²) in [5, 5.41) is 13.0. The van der Waals surface area contributed by atoms with Crippen LogP contribution in [0.25, 0.3) is 0 Å². The van der Waals surface area contributed by atoms with Crippen molar-refractivity contribution in [1.82, 2.24) is 4.98 Å². The van der Waals surface area contributed by atoms with Gasteiger partial charge in [0.1, 0.15) is 5.75 Å². The van der Waals surface area contributed by atoms with Crippen molar-refractivity contribution in [1.29, 1.82) is 0 Å². The van der Waals surface area contributed by atoms with Gasteiger partial charge in [-0.1, -0.05) is 36.4 Å². The number of rotatable bonds is 6. The van der Waals surface area contributed by atoms with Gasteiger partial charge in [0.05, 0.1) is 25.5 Å². The van der Waals surface area contributed by atoms with Crippen molar-refractivity contribution in [2.45, 2.75) is 12.6 Å². The van der Waals surface area contributed by atoms with Gasteiger partial charge < -0.3 is 15.2 Å². The highest BCUT2D eigenvalue weighted by Crippen LogP contribution is 2.28. The number of anilines is 1. The van der Waals surface area contributed by atoms with Gasteiger partial charge in [0.2, 0.25) is 0 Å². The summed E-state index contributed by atoms with van der Waals surface area (Å²) in [6.45, 7) is -0.0711. The molecule has 0 spiro atoms. The number of aliphatic hydroxyl groups excluding tert-OH is 1. The second-order valence-electron chi connectivity index (χ2n) is 5.43. The Balaban J connectivity index is 1.96. The molecule has 0 radical (unpaired) electrons. The van der Waals surface area contributed by atoms with E-state index in [4.69, 9.17) is 4.74 Å². The summed E-state index contributed by atoms with van der Waals surface area (Å²) in [5.41, 5.74) is 3.71. The third-order valence-corrected chi connectivity index (χ3v) is 3.88. The van der Waals surface area contributed by atoms with Crippen molar-refractivity contribution >= 4 is 5.69 Å². The first kappa shape index (κ1) is 16.0. The zero-order valence-electron chi connectivity index (χ0n) is 13.5. The second-order valence-corrected chi connectivity index (χ2v) is 5.43. The summed E-state index contributed by atoms with van der Waals surface area (Å²) in [6.07, 6.45) is 1.79. The molecule has 4 nitrogen and oxygen atoms in total. The SMILES string of the molecule is COc1ccc(NC(c2ccccc2)c2ccccn2)cc1CO. The first-order chi connectivity index (χ1) is 11.8. The average Bonchev–Trinajstić information content (AvgIpc) is 2.67. The maximum Gasteiger partial charge on any atom is 0.124 e. The van der Waals surface area contributed by atoms with Gasteiger partial charge in [-0.3, -0.25) is 4.98 Å². The van der Waals surface area contributed by atoms with Crippen molar-refractivity contribution in [3.05, 3.63) is 89.7 Å². The Bertz CT molecular complexity index is 737. The third kappa shape index (κ3) is 3.55. The Morgan fingerprint density at radius 2 is 1.83 bits per heavy atom. The van der Waals surface area contributed by atoms with Gasteiger partial charge in [0.15, 0.2) is 0 Å². The highest BCUT2D eigenvalue weighted by Gasteiger charge is 2.15. The zero-order chi connectivity index (χ0) is 16.8. The number of pyridine rings is 1. The summed E-state index contributed by atoms with van der Waals surface area (Å²) < 4.78 is 5.27. The van der Waals surface area contributed by atoms with Crippen LogP contribution in [0.4, 0.5) is 5.69 Å². The van der Waals surface area contributed by atoms with Crippen LogP contribution in [0.5, 0.6) is 5.75 Å². The van der Waals surface area contributed by atoms with E-state index in [2.05, 4.69) is 22.4 Å². The van der Waals surface area contributed by atoms with E-state index in [9.17, 15) is 5.11 Å². The van der Waals surface area contributed by atoms with E-state index in [1.807, 2.05) is 54.6 Å². The molecule has 0 fully saturated rings. The van der Waals surface area contributed by atoms with Crippen molar-refractivity contribution < 1.29 is 9.84 Å². The van der Waals surface area contributed by atoms with Crippen LogP contribution in [0.3, 0.4) is 0 Å². The molecule has 0 bridgehead atoms. The molecule has 3 rings (SSSR count). The minimum Gasteiger partial charge on any atom is -0.496 e. The fraction of sp³-hybridized carbons (Fsp3) is 0.150. The molecular weight excluding hydrogens is 300 g/mol. The lowest BCUT2D eigenvalue weighted by Crippen LogP contribution is -2.14. The Morgan fingerprint density at radius 3 is 2.50 bits per heavy atom. The normalized spacial score (nSPS) is 11.8. The molecule has 24 heavy (non-hydrogen) atoms. The summed E-state index contributed by atoms with van der Waals surface area (Å²) in [6, 6.07) is 21.7. The molecule has 0 aliphatic carbocycles. The zero-order valence-corrected chi connectivity index (χ0v) is 13.5. The molecule has 1 unspecified atom stereocenters. The minimum atomic E-state index is -0.0765. The largest absolute Gasteiger partial charge is 0.496 e. The Morgan fingerprint density at radius 1 is 1.04 bits per heavy atom. The minimum absolute atomic E-state index is 0.0711. The van der Waals surface area contributed by atoms with Crippen molar-refractivity contribution in [3.63, 3.8) is 0 Å². The number of hydrogen-bond donors (Lipinski definition) is 2. The number of methoxy groups -OCH3 is 1. The molecule has 0 aliphatic rings. The predicted octanol–water partition coefficient (Wildman–Crippen LogP) is 3.78. The van der Waals surface area contributed by atoms with Gasteiger partial charge in [-0.25, -0.2) is 0 Å². The van der Waals surface area contributed by atoms with Gasteiger partial charge in [0, 0.05) is 17.4 Å². The lowest BCUT2D eigenvalue weighted by molar-refractivity contribution is 0.274. The quantitative estimate of drug-likeness (QED) is 0.725. The van der Waals surface area contributed by atoms with Crippen LogP contribution in [0.15, 0.2) is 72.9 Å². The second kappa shape index (κ2) is 7.62. The van der Waals surface area contributed by atoms with E-state index in [1.54, 1.807) is 13.3 Å². The molecule has 1 heterocycles. The van der Waals surface area contributed by atoms with E-state index in [0.717, 1.165) is 22.5 Å². The Kier molecular flexibility index (Phi) is 5.08. The van der Waals surface area contributed by atoms with Crippen LogP contribution < -0.4 is 10.1 Å². The van der Waals surface area contributed by atoms with Crippen LogP contribution in [0, 0.1) is 0 Å². The average molecular weight is 320 g/mol. The number of nitrogens with one attached hydrogen (secondary N) is 1. The fourth-order valence-electron chi connectivity index (χ4n) is 2.68. The van der Waals surface area contributed by atoms with E-state index < -0.39 is 0 Å². The van der Waals surface area contributed by atoms with Gasteiger partial charge >= 0.3 is 0 Å². The molecule has 1 atom stereocenters. The van der Waals surface area contributed by atoms with Gasteiger partial charge in [0.25, 0.3) is 0 Å².